The largest absolute Gasteiger partial charge is 0.573 e. The lowest BCUT2D eigenvalue weighted by molar-refractivity contribution is -0.274. The Balaban J connectivity index is 1.96. The fourth-order valence-electron chi connectivity index (χ4n) is 2.74. The first-order valence-corrected chi connectivity index (χ1v) is 8.17. The number of carboxylic acid groups (broad SMARTS) is 1. The van der Waals surface area contributed by atoms with Crippen molar-refractivity contribution in [3.05, 3.63) is 29.8 Å². The maximum absolute atomic E-state index is 12.2. The fourth-order valence-corrected chi connectivity index (χ4v) is 2.74. The van der Waals surface area contributed by atoms with Crippen LogP contribution in [0.2, 0.25) is 0 Å². The Morgan fingerprint density at radius 2 is 2.00 bits per heavy atom. The molecule has 2 rings (SSSR count). The maximum atomic E-state index is 12.2. The van der Waals surface area contributed by atoms with Gasteiger partial charge in [0.05, 0.1) is 12.5 Å². The Morgan fingerprint density at radius 3 is 2.54 bits per heavy atom. The van der Waals surface area contributed by atoms with Crippen molar-refractivity contribution in [2.45, 2.75) is 38.1 Å². The lowest BCUT2D eigenvalue weighted by atomic mass is 10.0. The second-order valence-corrected chi connectivity index (χ2v) is 6.10. The van der Waals surface area contributed by atoms with Crippen molar-refractivity contribution in [1.82, 2.24) is 5.32 Å². The molecule has 0 bridgehead atoms. The van der Waals surface area contributed by atoms with E-state index in [1.54, 1.807) is 0 Å². The predicted molar refractivity (Wildman–Crippen MR) is 84.4 cm³/mol. The standard InChI is InChI=1S/C17H20F3NO5/c18-17(19,20)26-13-4-2-12(3-5-13)14(9-16(23)24)21-15(22)6-1-11-7-8-25-10-11/h2-5,11,14H,1,6-10H2,(H,21,22)(H,23,24). The number of carbonyl (C=O) groups is 2. The monoisotopic (exact) mass is 375 g/mol. The van der Waals surface area contributed by atoms with Gasteiger partial charge in [0.1, 0.15) is 5.75 Å². The quantitative estimate of drug-likeness (QED) is 0.730. The van der Waals surface area contributed by atoms with Crippen LogP contribution in [0.25, 0.3) is 0 Å². The molecule has 0 aliphatic carbocycles. The lowest BCUT2D eigenvalue weighted by Crippen LogP contribution is -2.30. The number of ether oxygens (including phenoxy) is 2. The van der Waals surface area contributed by atoms with Gasteiger partial charge in [0.25, 0.3) is 0 Å². The van der Waals surface area contributed by atoms with Crippen LogP contribution in [0.5, 0.6) is 5.75 Å². The molecule has 1 saturated heterocycles. The van der Waals surface area contributed by atoms with Gasteiger partial charge in [0.2, 0.25) is 5.91 Å². The average Bonchev–Trinajstić information content (AvgIpc) is 3.04. The summed E-state index contributed by atoms with van der Waals surface area (Å²) >= 11 is 0. The summed E-state index contributed by atoms with van der Waals surface area (Å²) in [7, 11) is 0. The minimum absolute atomic E-state index is 0.236. The first-order chi connectivity index (χ1) is 12.2. The number of halogens is 3. The van der Waals surface area contributed by atoms with Crippen LogP contribution >= 0.6 is 0 Å². The molecule has 9 heteroatoms. The highest BCUT2D eigenvalue weighted by Crippen LogP contribution is 2.26. The van der Waals surface area contributed by atoms with E-state index in [9.17, 15) is 22.8 Å². The molecular weight excluding hydrogens is 355 g/mol. The molecule has 2 N–H and O–H groups in total. The number of aliphatic carboxylic acids is 1. The number of hydrogen-bond donors (Lipinski definition) is 2. The number of carboxylic acids is 1. The van der Waals surface area contributed by atoms with Gasteiger partial charge in [-0.1, -0.05) is 12.1 Å². The highest BCUT2D eigenvalue weighted by atomic mass is 19.4. The van der Waals surface area contributed by atoms with Crippen LogP contribution in [0.4, 0.5) is 13.2 Å². The number of hydrogen-bond acceptors (Lipinski definition) is 4. The number of benzene rings is 1. The molecule has 26 heavy (non-hydrogen) atoms. The minimum atomic E-state index is -4.81. The van der Waals surface area contributed by atoms with Gasteiger partial charge in [0.15, 0.2) is 0 Å². The third kappa shape index (κ3) is 6.91. The van der Waals surface area contributed by atoms with Crippen molar-refractivity contribution >= 4 is 11.9 Å². The van der Waals surface area contributed by atoms with Gasteiger partial charge in [-0.2, -0.15) is 0 Å². The van der Waals surface area contributed by atoms with Gasteiger partial charge in [0, 0.05) is 19.6 Å². The van der Waals surface area contributed by atoms with E-state index in [2.05, 4.69) is 10.1 Å². The zero-order valence-corrected chi connectivity index (χ0v) is 13.9. The SMILES string of the molecule is O=C(O)CC(NC(=O)CCC1CCOC1)c1ccc(OC(F)(F)F)cc1. The summed E-state index contributed by atoms with van der Waals surface area (Å²) in [5, 5.41) is 11.7. The first kappa shape index (κ1) is 20.0. The van der Waals surface area contributed by atoms with Crippen molar-refractivity contribution in [3.8, 4) is 5.75 Å². The Labute approximate surface area is 148 Å². The molecule has 144 valence electrons. The highest BCUT2D eigenvalue weighted by Gasteiger charge is 2.31. The lowest BCUT2D eigenvalue weighted by Gasteiger charge is -2.18. The van der Waals surface area contributed by atoms with Crippen molar-refractivity contribution in [3.63, 3.8) is 0 Å². The molecule has 0 spiro atoms. The predicted octanol–water partition coefficient (Wildman–Crippen LogP) is 3.03. The molecule has 1 aliphatic rings. The number of carbonyl (C=O) groups excluding carboxylic acids is 1. The van der Waals surface area contributed by atoms with E-state index in [1.807, 2.05) is 0 Å². The molecule has 1 fully saturated rings. The van der Waals surface area contributed by atoms with Crippen molar-refractivity contribution < 1.29 is 37.3 Å². The molecule has 0 saturated carbocycles. The number of rotatable bonds is 8. The molecule has 6 nitrogen and oxygen atoms in total. The second kappa shape index (κ2) is 8.88. The van der Waals surface area contributed by atoms with Gasteiger partial charge < -0.3 is 19.9 Å². The molecule has 0 radical (unpaired) electrons. The molecule has 1 aromatic carbocycles. The average molecular weight is 375 g/mol. The van der Waals surface area contributed by atoms with Crippen LogP contribution in [0, 0.1) is 5.92 Å². The number of alkyl halides is 3. The van der Waals surface area contributed by atoms with E-state index in [4.69, 9.17) is 9.84 Å². The van der Waals surface area contributed by atoms with Crippen LogP contribution in [-0.4, -0.2) is 36.6 Å². The van der Waals surface area contributed by atoms with Gasteiger partial charge in [-0.15, -0.1) is 13.2 Å². The van der Waals surface area contributed by atoms with Gasteiger partial charge in [-0.3, -0.25) is 9.59 Å². The Bertz CT molecular complexity index is 612. The summed E-state index contributed by atoms with van der Waals surface area (Å²) in [5.74, 6) is -1.53. The summed E-state index contributed by atoms with van der Waals surface area (Å²) in [6.07, 6.45) is -3.41. The number of amides is 1. The zero-order valence-electron chi connectivity index (χ0n) is 13.9. The summed E-state index contributed by atoms with van der Waals surface area (Å²) in [4.78, 5) is 23.1. The van der Waals surface area contributed by atoms with Crippen LogP contribution < -0.4 is 10.1 Å². The van der Waals surface area contributed by atoms with Crippen molar-refractivity contribution in [1.29, 1.82) is 0 Å². The van der Waals surface area contributed by atoms with E-state index in [0.717, 1.165) is 18.6 Å². The summed E-state index contributed by atoms with van der Waals surface area (Å²) in [6.45, 7) is 1.30. The second-order valence-electron chi connectivity index (χ2n) is 6.10. The number of nitrogens with one attached hydrogen (secondary N) is 1. The van der Waals surface area contributed by atoms with Gasteiger partial charge >= 0.3 is 12.3 Å². The summed E-state index contributed by atoms with van der Waals surface area (Å²) < 4.78 is 45.6. The van der Waals surface area contributed by atoms with Crippen LogP contribution in [0.3, 0.4) is 0 Å². The van der Waals surface area contributed by atoms with Gasteiger partial charge in [-0.25, -0.2) is 0 Å². The van der Waals surface area contributed by atoms with Crippen LogP contribution in [0.15, 0.2) is 24.3 Å². The first-order valence-electron chi connectivity index (χ1n) is 8.17. The summed E-state index contributed by atoms with van der Waals surface area (Å²) in [6, 6.07) is 3.94. The van der Waals surface area contributed by atoms with E-state index in [0.29, 0.717) is 31.1 Å². The van der Waals surface area contributed by atoms with Crippen molar-refractivity contribution in [2.75, 3.05) is 13.2 Å². The zero-order chi connectivity index (χ0) is 19.2. The third-order valence-electron chi connectivity index (χ3n) is 4.03. The molecule has 1 heterocycles. The Kier molecular flexibility index (Phi) is 6.84. The maximum Gasteiger partial charge on any atom is 0.573 e. The molecule has 1 amide bonds. The Hall–Kier alpha value is -2.29. The van der Waals surface area contributed by atoms with Crippen LogP contribution in [-0.2, 0) is 14.3 Å². The molecule has 1 aliphatic heterocycles. The topological polar surface area (TPSA) is 84.9 Å². The molecular formula is C17H20F3NO5. The van der Waals surface area contributed by atoms with E-state index < -0.39 is 24.1 Å². The molecule has 1 aromatic rings. The van der Waals surface area contributed by atoms with Gasteiger partial charge in [-0.05, 0) is 36.5 Å². The van der Waals surface area contributed by atoms with Crippen LogP contribution in [0.1, 0.15) is 37.3 Å². The van der Waals surface area contributed by atoms with E-state index >= 15 is 0 Å². The molecule has 0 aromatic heterocycles. The highest BCUT2D eigenvalue weighted by molar-refractivity contribution is 5.77. The normalized spacial score (nSPS) is 18.3. The molecule has 2 atom stereocenters. The Morgan fingerprint density at radius 1 is 1.31 bits per heavy atom. The van der Waals surface area contributed by atoms with E-state index in [1.165, 1.54) is 12.1 Å². The third-order valence-corrected chi connectivity index (χ3v) is 4.03. The summed E-state index contributed by atoms with van der Waals surface area (Å²) in [5.41, 5.74) is 0.388. The van der Waals surface area contributed by atoms with Crippen molar-refractivity contribution in [2.24, 2.45) is 5.92 Å². The minimum Gasteiger partial charge on any atom is -0.481 e. The molecule has 2 unspecified atom stereocenters. The fraction of sp³-hybridized carbons (Fsp3) is 0.529. The van der Waals surface area contributed by atoms with E-state index in [-0.39, 0.29) is 18.7 Å². The smallest absolute Gasteiger partial charge is 0.481 e.